The number of carbonyl (C=O) groups excluding carboxylic acids is 1. The lowest BCUT2D eigenvalue weighted by molar-refractivity contribution is 0.146. The third-order valence-electron chi connectivity index (χ3n) is 6.36. The highest BCUT2D eigenvalue weighted by Gasteiger charge is 2.34. The minimum atomic E-state index is 0.175. The molecule has 3 aromatic rings. The maximum absolute atomic E-state index is 13.3. The number of oxazole rings is 1. The lowest BCUT2D eigenvalue weighted by atomic mass is 10.1. The number of ether oxygens (including phenoxy) is 1. The lowest BCUT2D eigenvalue weighted by Gasteiger charge is -2.39. The van der Waals surface area contributed by atoms with Crippen molar-refractivity contribution in [2.45, 2.75) is 25.8 Å². The van der Waals surface area contributed by atoms with E-state index in [0.29, 0.717) is 11.7 Å². The Morgan fingerprint density at radius 2 is 2.03 bits per heavy atom. The molecule has 1 unspecified atom stereocenters. The van der Waals surface area contributed by atoms with Crippen LogP contribution in [0, 0.1) is 6.92 Å². The van der Waals surface area contributed by atoms with Crippen LogP contribution in [0.5, 0.6) is 5.75 Å². The molecule has 32 heavy (non-hydrogen) atoms. The molecule has 1 aromatic carbocycles. The second-order valence-corrected chi connectivity index (χ2v) is 9.23. The van der Waals surface area contributed by atoms with Gasteiger partial charge in [-0.05, 0) is 36.4 Å². The van der Waals surface area contributed by atoms with Crippen LogP contribution in [0.1, 0.15) is 29.7 Å². The molecule has 0 radical (unpaired) electrons. The topological polar surface area (TPSA) is 62.1 Å². The highest BCUT2D eigenvalue weighted by molar-refractivity contribution is 7.10. The summed E-state index contributed by atoms with van der Waals surface area (Å²) in [7, 11) is 1.67. The number of likely N-dealkylation sites (tertiary alicyclic amines) is 1. The van der Waals surface area contributed by atoms with Gasteiger partial charge in [0.05, 0.1) is 24.9 Å². The fourth-order valence-corrected chi connectivity index (χ4v) is 5.55. The Hall–Kier alpha value is -3.00. The number of rotatable bonds is 4. The maximum atomic E-state index is 13.3. The third-order valence-corrected chi connectivity index (χ3v) is 7.33. The molecule has 2 saturated heterocycles. The summed E-state index contributed by atoms with van der Waals surface area (Å²) in [6, 6.07) is 10.8. The SMILES string of the molecule is COc1cc(N2CCN(C(=O)N3CCCC3c3cccs3)CC2)ccc1-c1cnc(C)o1. The molecule has 1 atom stereocenters. The van der Waals surface area contributed by atoms with Crippen molar-refractivity contribution in [3.8, 4) is 17.1 Å². The summed E-state index contributed by atoms with van der Waals surface area (Å²) in [5, 5.41) is 2.10. The van der Waals surface area contributed by atoms with E-state index in [1.807, 2.05) is 24.0 Å². The molecule has 2 aromatic heterocycles. The summed E-state index contributed by atoms with van der Waals surface area (Å²) in [6.07, 6.45) is 3.85. The van der Waals surface area contributed by atoms with Crippen LogP contribution in [0.4, 0.5) is 10.5 Å². The van der Waals surface area contributed by atoms with Crippen LogP contribution in [-0.4, -0.2) is 60.6 Å². The van der Waals surface area contributed by atoms with E-state index in [4.69, 9.17) is 9.15 Å². The van der Waals surface area contributed by atoms with Crippen molar-refractivity contribution < 1.29 is 13.9 Å². The first-order chi connectivity index (χ1) is 15.6. The highest BCUT2D eigenvalue weighted by Crippen LogP contribution is 2.36. The molecule has 2 aliphatic heterocycles. The van der Waals surface area contributed by atoms with Gasteiger partial charge in [0.2, 0.25) is 0 Å². The van der Waals surface area contributed by atoms with Crippen molar-refractivity contribution in [1.29, 1.82) is 0 Å². The van der Waals surface area contributed by atoms with Crippen LogP contribution in [0.25, 0.3) is 11.3 Å². The van der Waals surface area contributed by atoms with Crippen molar-refractivity contribution in [3.05, 3.63) is 52.7 Å². The number of hydrogen-bond donors (Lipinski definition) is 0. The van der Waals surface area contributed by atoms with Gasteiger partial charge in [-0.25, -0.2) is 9.78 Å². The molecule has 8 heteroatoms. The zero-order valence-corrected chi connectivity index (χ0v) is 19.3. The fourth-order valence-electron chi connectivity index (χ4n) is 4.68. The monoisotopic (exact) mass is 452 g/mol. The third kappa shape index (κ3) is 3.95. The van der Waals surface area contributed by atoms with Crippen LogP contribution >= 0.6 is 11.3 Å². The van der Waals surface area contributed by atoms with Gasteiger partial charge in [-0.2, -0.15) is 0 Å². The van der Waals surface area contributed by atoms with Crippen molar-refractivity contribution >= 4 is 23.1 Å². The first kappa shape index (κ1) is 20.9. The first-order valence-electron chi connectivity index (χ1n) is 11.1. The van der Waals surface area contributed by atoms with Gasteiger partial charge in [0.15, 0.2) is 11.7 Å². The number of amides is 2. The van der Waals surface area contributed by atoms with Crippen molar-refractivity contribution in [2.24, 2.45) is 0 Å². The van der Waals surface area contributed by atoms with E-state index in [-0.39, 0.29) is 12.1 Å². The van der Waals surface area contributed by atoms with E-state index in [0.717, 1.165) is 62.6 Å². The molecule has 0 spiro atoms. The van der Waals surface area contributed by atoms with Gasteiger partial charge < -0.3 is 23.9 Å². The Kier molecular flexibility index (Phi) is 5.78. The Labute approximate surface area is 192 Å². The number of aromatic nitrogens is 1. The van der Waals surface area contributed by atoms with E-state index in [9.17, 15) is 4.79 Å². The Morgan fingerprint density at radius 1 is 1.19 bits per heavy atom. The molecule has 2 aliphatic rings. The largest absolute Gasteiger partial charge is 0.496 e. The van der Waals surface area contributed by atoms with Crippen molar-refractivity contribution in [3.63, 3.8) is 0 Å². The zero-order chi connectivity index (χ0) is 22.1. The zero-order valence-electron chi connectivity index (χ0n) is 18.5. The van der Waals surface area contributed by atoms with Gasteiger partial charge in [-0.3, -0.25) is 0 Å². The number of benzene rings is 1. The molecule has 168 valence electrons. The summed E-state index contributed by atoms with van der Waals surface area (Å²) in [5.74, 6) is 2.09. The van der Waals surface area contributed by atoms with Gasteiger partial charge in [0, 0.05) is 56.3 Å². The lowest BCUT2D eigenvalue weighted by Crippen LogP contribution is -2.52. The maximum Gasteiger partial charge on any atom is 0.320 e. The normalized spacial score (nSPS) is 18.9. The Balaban J connectivity index is 1.25. The molecule has 0 aliphatic carbocycles. The van der Waals surface area contributed by atoms with E-state index in [1.54, 1.807) is 24.6 Å². The molecule has 7 nitrogen and oxygen atoms in total. The molecule has 2 amide bonds. The standard InChI is InChI=1S/C24H28N4O3S/c1-17-25-16-22(31-17)19-8-7-18(15-21(19)30-2)26-10-12-27(13-11-26)24(29)28-9-3-5-20(28)23-6-4-14-32-23/h4,6-8,14-16,20H,3,5,9-13H2,1-2H3. The molecule has 2 fully saturated rings. The van der Waals surface area contributed by atoms with Gasteiger partial charge in [0.25, 0.3) is 0 Å². The van der Waals surface area contributed by atoms with E-state index >= 15 is 0 Å². The number of anilines is 1. The first-order valence-corrected chi connectivity index (χ1v) is 12.0. The van der Waals surface area contributed by atoms with Crippen molar-refractivity contribution in [2.75, 3.05) is 44.7 Å². The highest BCUT2D eigenvalue weighted by atomic mass is 32.1. The quantitative estimate of drug-likeness (QED) is 0.569. The minimum Gasteiger partial charge on any atom is -0.496 e. The average Bonchev–Trinajstić information content (AvgIpc) is 3.59. The summed E-state index contributed by atoms with van der Waals surface area (Å²) in [6.45, 7) is 5.72. The predicted molar refractivity (Wildman–Crippen MR) is 125 cm³/mol. The average molecular weight is 453 g/mol. The molecule has 0 bridgehead atoms. The molecule has 0 saturated carbocycles. The van der Waals surface area contributed by atoms with E-state index < -0.39 is 0 Å². The molecule has 0 N–H and O–H groups in total. The Bertz CT molecular complexity index is 1070. The summed E-state index contributed by atoms with van der Waals surface area (Å²) >= 11 is 1.75. The van der Waals surface area contributed by atoms with E-state index in [2.05, 4.69) is 38.4 Å². The molecule has 5 rings (SSSR count). The smallest absolute Gasteiger partial charge is 0.320 e. The van der Waals surface area contributed by atoms with Crippen LogP contribution in [0.2, 0.25) is 0 Å². The minimum absolute atomic E-state index is 0.175. The fraction of sp³-hybridized carbons (Fsp3) is 0.417. The number of aryl methyl sites for hydroxylation is 1. The van der Waals surface area contributed by atoms with E-state index in [1.165, 1.54) is 4.88 Å². The van der Waals surface area contributed by atoms with Gasteiger partial charge in [-0.1, -0.05) is 6.07 Å². The second-order valence-electron chi connectivity index (χ2n) is 8.25. The van der Waals surface area contributed by atoms with Crippen LogP contribution in [-0.2, 0) is 0 Å². The number of nitrogens with zero attached hydrogens (tertiary/aromatic N) is 4. The molecular formula is C24H28N4O3S. The number of piperazine rings is 1. The van der Waals surface area contributed by atoms with Crippen LogP contribution < -0.4 is 9.64 Å². The number of carbonyl (C=O) groups is 1. The van der Waals surface area contributed by atoms with Gasteiger partial charge in [0.1, 0.15) is 5.75 Å². The van der Waals surface area contributed by atoms with Gasteiger partial charge >= 0.3 is 6.03 Å². The Morgan fingerprint density at radius 3 is 2.72 bits per heavy atom. The number of urea groups is 1. The van der Waals surface area contributed by atoms with Crippen molar-refractivity contribution in [1.82, 2.24) is 14.8 Å². The summed E-state index contributed by atoms with van der Waals surface area (Å²) < 4.78 is 11.3. The number of hydrogen-bond acceptors (Lipinski definition) is 6. The number of methoxy groups -OCH3 is 1. The van der Waals surface area contributed by atoms with Crippen LogP contribution in [0.15, 0.2) is 46.3 Å². The second kappa shape index (κ2) is 8.86. The number of thiophene rings is 1. The summed E-state index contributed by atoms with van der Waals surface area (Å²) in [4.78, 5) is 25.1. The predicted octanol–water partition coefficient (Wildman–Crippen LogP) is 4.80. The molecule has 4 heterocycles. The summed E-state index contributed by atoms with van der Waals surface area (Å²) in [5.41, 5.74) is 1.98. The van der Waals surface area contributed by atoms with Crippen LogP contribution in [0.3, 0.4) is 0 Å². The van der Waals surface area contributed by atoms with Gasteiger partial charge in [-0.15, -0.1) is 11.3 Å². The molecular weight excluding hydrogens is 424 g/mol.